The van der Waals surface area contributed by atoms with Crippen LogP contribution >= 0.6 is 15.9 Å². The van der Waals surface area contributed by atoms with Crippen molar-refractivity contribution in [2.45, 2.75) is 39.3 Å². The average Bonchev–Trinajstić information content (AvgIpc) is 2.76. The predicted octanol–water partition coefficient (Wildman–Crippen LogP) is 3.49. The molecule has 1 aromatic heterocycles. The van der Waals surface area contributed by atoms with Crippen LogP contribution in [0.2, 0.25) is 0 Å². The minimum atomic E-state index is -0.142. The predicted molar refractivity (Wildman–Crippen MR) is 87.0 cm³/mol. The van der Waals surface area contributed by atoms with Crippen molar-refractivity contribution in [3.05, 3.63) is 51.5 Å². The largest absolute Gasteiger partial charge is 0.316 e. The highest BCUT2D eigenvalue weighted by Crippen LogP contribution is 2.23. The van der Waals surface area contributed by atoms with E-state index in [4.69, 9.17) is 0 Å². The van der Waals surface area contributed by atoms with Crippen LogP contribution in [-0.2, 0) is 19.4 Å². The Bertz CT molecular complexity index is 610. The van der Waals surface area contributed by atoms with E-state index in [-0.39, 0.29) is 11.9 Å². The van der Waals surface area contributed by atoms with E-state index < -0.39 is 0 Å². The van der Waals surface area contributed by atoms with E-state index in [9.17, 15) is 4.39 Å². The van der Waals surface area contributed by atoms with Gasteiger partial charge in [0.15, 0.2) is 0 Å². The molecule has 1 N–H and O–H groups in total. The second-order valence-electron chi connectivity index (χ2n) is 5.15. The van der Waals surface area contributed by atoms with Gasteiger partial charge >= 0.3 is 0 Å². The Kier molecular flexibility index (Phi) is 5.53. The molecule has 2 rings (SSSR count). The number of nitrogens with zero attached hydrogens (tertiary/aromatic N) is 2. The Labute approximate surface area is 133 Å². The quantitative estimate of drug-likeness (QED) is 0.861. The summed E-state index contributed by atoms with van der Waals surface area (Å²) in [6, 6.07) is 7.12. The first-order valence-corrected chi connectivity index (χ1v) is 7.98. The van der Waals surface area contributed by atoms with Crippen LogP contribution in [0.1, 0.15) is 23.9 Å². The van der Waals surface area contributed by atoms with Gasteiger partial charge in [0.25, 0.3) is 0 Å². The normalized spacial score (nSPS) is 12.6. The molecule has 0 saturated heterocycles. The number of nitrogens with one attached hydrogen (secondary N) is 1. The molecule has 0 radical (unpaired) electrons. The van der Waals surface area contributed by atoms with Crippen LogP contribution in [0, 0.1) is 12.7 Å². The molecule has 1 atom stereocenters. The van der Waals surface area contributed by atoms with Crippen LogP contribution < -0.4 is 5.32 Å². The molecule has 21 heavy (non-hydrogen) atoms. The molecule has 0 aliphatic heterocycles. The molecular weight excluding hydrogens is 333 g/mol. The van der Waals surface area contributed by atoms with Crippen molar-refractivity contribution in [2.75, 3.05) is 7.05 Å². The molecule has 1 aromatic carbocycles. The Morgan fingerprint density at radius 3 is 2.67 bits per heavy atom. The highest BCUT2D eigenvalue weighted by Gasteiger charge is 2.18. The van der Waals surface area contributed by atoms with Gasteiger partial charge in [-0.25, -0.2) is 4.39 Å². The SMILES string of the molecule is CCn1nc(C)c(Br)c1CC(Cc1ccccc1F)NC. The summed E-state index contributed by atoms with van der Waals surface area (Å²) in [5.41, 5.74) is 2.89. The van der Waals surface area contributed by atoms with Gasteiger partial charge in [-0.1, -0.05) is 18.2 Å². The lowest BCUT2D eigenvalue weighted by molar-refractivity contribution is 0.506. The van der Waals surface area contributed by atoms with Crippen molar-refractivity contribution < 1.29 is 4.39 Å². The fourth-order valence-corrected chi connectivity index (χ4v) is 2.95. The van der Waals surface area contributed by atoms with Gasteiger partial charge in [-0.05, 0) is 54.9 Å². The summed E-state index contributed by atoms with van der Waals surface area (Å²) in [4.78, 5) is 0. The van der Waals surface area contributed by atoms with E-state index >= 15 is 0 Å². The lowest BCUT2D eigenvalue weighted by Crippen LogP contribution is -2.31. The average molecular weight is 354 g/mol. The third-order valence-corrected chi connectivity index (χ3v) is 4.76. The number of halogens is 2. The first-order chi connectivity index (χ1) is 10.1. The van der Waals surface area contributed by atoms with Crippen LogP contribution in [-0.4, -0.2) is 22.9 Å². The fraction of sp³-hybridized carbons (Fsp3) is 0.438. The smallest absolute Gasteiger partial charge is 0.126 e. The van der Waals surface area contributed by atoms with Crippen molar-refractivity contribution in [3.8, 4) is 0 Å². The van der Waals surface area contributed by atoms with Gasteiger partial charge in [-0.2, -0.15) is 5.10 Å². The number of hydrogen-bond acceptors (Lipinski definition) is 2. The maximum Gasteiger partial charge on any atom is 0.126 e. The van der Waals surface area contributed by atoms with Crippen LogP contribution in [0.5, 0.6) is 0 Å². The van der Waals surface area contributed by atoms with E-state index in [1.54, 1.807) is 6.07 Å². The van der Waals surface area contributed by atoms with Gasteiger partial charge < -0.3 is 5.32 Å². The van der Waals surface area contributed by atoms with Gasteiger partial charge in [0, 0.05) is 19.0 Å². The van der Waals surface area contributed by atoms with Gasteiger partial charge in [0.05, 0.1) is 15.9 Å². The molecular formula is C16H21BrFN3. The molecule has 0 aliphatic carbocycles. The summed E-state index contributed by atoms with van der Waals surface area (Å²) in [6.07, 6.45) is 1.46. The highest BCUT2D eigenvalue weighted by molar-refractivity contribution is 9.10. The number of benzene rings is 1. The van der Waals surface area contributed by atoms with Gasteiger partial charge in [-0.3, -0.25) is 4.68 Å². The van der Waals surface area contributed by atoms with E-state index in [0.717, 1.165) is 34.4 Å². The molecule has 3 nitrogen and oxygen atoms in total. The van der Waals surface area contributed by atoms with Crippen LogP contribution in [0.15, 0.2) is 28.7 Å². The van der Waals surface area contributed by atoms with Crippen molar-refractivity contribution in [1.29, 1.82) is 0 Å². The van der Waals surface area contributed by atoms with Crippen LogP contribution in [0.25, 0.3) is 0 Å². The first-order valence-electron chi connectivity index (χ1n) is 7.19. The molecule has 0 aliphatic rings. The lowest BCUT2D eigenvalue weighted by Gasteiger charge is -2.17. The molecule has 1 heterocycles. The van der Waals surface area contributed by atoms with Crippen molar-refractivity contribution in [3.63, 3.8) is 0 Å². The Balaban J connectivity index is 2.18. The summed E-state index contributed by atoms with van der Waals surface area (Å²) in [5.74, 6) is -0.142. The monoisotopic (exact) mass is 353 g/mol. The third kappa shape index (κ3) is 3.71. The summed E-state index contributed by atoms with van der Waals surface area (Å²) in [5, 5.41) is 7.79. The summed E-state index contributed by atoms with van der Waals surface area (Å²) < 4.78 is 16.9. The van der Waals surface area contributed by atoms with E-state index in [0.29, 0.717) is 6.42 Å². The topological polar surface area (TPSA) is 29.9 Å². The van der Waals surface area contributed by atoms with Crippen molar-refractivity contribution in [2.24, 2.45) is 0 Å². The maximum atomic E-state index is 13.8. The zero-order valence-corrected chi connectivity index (χ0v) is 14.2. The second-order valence-corrected chi connectivity index (χ2v) is 5.94. The molecule has 0 bridgehead atoms. The molecule has 0 amide bonds. The van der Waals surface area contributed by atoms with Crippen molar-refractivity contribution in [1.82, 2.24) is 15.1 Å². The molecule has 0 fully saturated rings. The number of aromatic nitrogens is 2. The molecule has 114 valence electrons. The minimum absolute atomic E-state index is 0.142. The van der Waals surface area contributed by atoms with E-state index in [1.165, 1.54) is 6.07 Å². The Morgan fingerprint density at radius 2 is 2.05 bits per heavy atom. The Hall–Kier alpha value is -1.20. The van der Waals surface area contributed by atoms with Gasteiger partial charge in [0.1, 0.15) is 5.82 Å². The number of aryl methyl sites for hydroxylation is 2. The molecule has 1 unspecified atom stereocenters. The van der Waals surface area contributed by atoms with Crippen molar-refractivity contribution >= 4 is 15.9 Å². The second kappa shape index (κ2) is 7.18. The zero-order valence-electron chi connectivity index (χ0n) is 12.7. The number of hydrogen-bond donors (Lipinski definition) is 1. The van der Waals surface area contributed by atoms with E-state index in [1.807, 2.05) is 30.8 Å². The summed E-state index contributed by atoms with van der Waals surface area (Å²) in [7, 11) is 1.92. The molecule has 0 saturated carbocycles. The lowest BCUT2D eigenvalue weighted by atomic mass is 10.0. The zero-order chi connectivity index (χ0) is 15.4. The number of rotatable bonds is 6. The van der Waals surface area contributed by atoms with Gasteiger partial charge in [-0.15, -0.1) is 0 Å². The fourth-order valence-electron chi connectivity index (χ4n) is 2.50. The maximum absolute atomic E-state index is 13.8. The molecule has 2 aromatic rings. The standard InChI is InChI=1S/C16H21BrFN3/c1-4-21-15(16(17)11(2)20-21)10-13(19-3)9-12-7-5-6-8-14(12)18/h5-8,13,19H,4,9-10H2,1-3H3. The molecule has 5 heteroatoms. The van der Waals surface area contributed by atoms with Gasteiger partial charge in [0.2, 0.25) is 0 Å². The molecule has 0 spiro atoms. The summed E-state index contributed by atoms with van der Waals surface area (Å²) >= 11 is 3.61. The summed E-state index contributed by atoms with van der Waals surface area (Å²) in [6.45, 7) is 4.90. The Morgan fingerprint density at radius 1 is 1.33 bits per heavy atom. The van der Waals surface area contributed by atoms with Crippen LogP contribution in [0.4, 0.5) is 4.39 Å². The third-order valence-electron chi connectivity index (χ3n) is 3.72. The van der Waals surface area contributed by atoms with E-state index in [2.05, 4.69) is 33.3 Å². The minimum Gasteiger partial charge on any atom is -0.316 e. The highest BCUT2D eigenvalue weighted by atomic mass is 79.9. The first kappa shape index (κ1) is 16.2. The number of likely N-dealkylation sites (N-methyl/N-ethyl adjacent to an activating group) is 1. The van der Waals surface area contributed by atoms with Crippen LogP contribution in [0.3, 0.4) is 0 Å².